The second-order valence-corrected chi connectivity index (χ2v) is 19.2. The van der Waals surface area contributed by atoms with Crippen molar-refractivity contribution >= 4 is 17.9 Å². The Morgan fingerprint density at radius 2 is 0.557 bits per heavy atom. The zero-order chi connectivity index (χ0) is 50.7. The largest absolute Gasteiger partial charge is 0.462 e. The zero-order valence-corrected chi connectivity index (χ0v) is 45.8. The van der Waals surface area contributed by atoms with Crippen LogP contribution < -0.4 is 0 Å². The Balaban J connectivity index is 4.26. The van der Waals surface area contributed by atoms with E-state index in [9.17, 15) is 14.4 Å². The monoisotopic (exact) mass is 973 g/mol. The molecule has 0 saturated heterocycles. The summed E-state index contributed by atoms with van der Waals surface area (Å²) >= 11 is 0. The fourth-order valence-corrected chi connectivity index (χ4v) is 7.95. The maximum atomic E-state index is 12.8. The Morgan fingerprint density at radius 3 is 0.900 bits per heavy atom. The van der Waals surface area contributed by atoms with Crippen LogP contribution in [0.4, 0.5) is 0 Å². The van der Waals surface area contributed by atoms with Gasteiger partial charge in [-0.05, 0) is 103 Å². The second-order valence-electron chi connectivity index (χ2n) is 19.2. The van der Waals surface area contributed by atoms with Crippen LogP contribution in [0.5, 0.6) is 0 Å². The average molecular weight is 974 g/mol. The number of allylic oxidation sites excluding steroid dienone is 16. The minimum Gasteiger partial charge on any atom is -0.462 e. The molecule has 1 atom stereocenters. The molecule has 1 unspecified atom stereocenters. The Labute approximate surface area is 432 Å². The number of carbonyl (C=O) groups excluding carboxylic acids is 3. The van der Waals surface area contributed by atoms with E-state index in [0.717, 1.165) is 122 Å². The Hall–Kier alpha value is -3.67. The third-order valence-corrected chi connectivity index (χ3v) is 12.3. The number of rotatable bonds is 52. The molecule has 0 aromatic heterocycles. The summed E-state index contributed by atoms with van der Waals surface area (Å²) in [4.78, 5) is 38.0. The van der Waals surface area contributed by atoms with Gasteiger partial charge in [-0.1, -0.05) is 246 Å². The van der Waals surface area contributed by atoms with Crippen molar-refractivity contribution in [2.24, 2.45) is 0 Å². The van der Waals surface area contributed by atoms with Gasteiger partial charge in [-0.25, -0.2) is 0 Å². The van der Waals surface area contributed by atoms with E-state index in [-0.39, 0.29) is 31.1 Å². The number of hydrogen-bond acceptors (Lipinski definition) is 6. The molecule has 0 fully saturated rings. The van der Waals surface area contributed by atoms with E-state index in [0.29, 0.717) is 19.3 Å². The molecule has 400 valence electrons. The van der Waals surface area contributed by atoms with Crippen molar-refractivity contribution in [2.45, 2.75) is 277 Å². The average Bonchev–Trinajstić information content (AvgIpc) is 3.36. The molecule has 0 aliphatic carbocycles. The van der Waals surface area contributed by atoms with Gasteiger partial charge in [0.25, 0.3) is 0 Å². The molecule has 0 saturated carbocycles. The summed E-state index contributed by atoms with van der Waals surface area (Å²) in [6, 6.07) is 0. The van der Waals surface area contributed by atoms with Gasteiger partial charge >= 0.3 is 17.9 Å². The van der Waals surface area contributed by atoms with Gasteiger partial charge in [0.05, 0.1) is 0 Å². The number of hydrogen-bond donors (Lipinski definition) is 0. The number of unbranched alkanes of at least 4 members (excludes halogenated alkanes) is 25. The lowest BCUT2D eigenvalue weighted by Gasteiger charge is -2.18. The molecule has 0 amide bonds. The topological polar surface area (TPSA) is 78.9 Å². The van der Waals surface area contributed by atoms with Crippen molar-refractivity contribution in [3.05, 3.63) is 97.2 Å². The molecule has 0 rings (SSSR count). The SMILES string of the molecule is CC/C=C\C/C=C\C/C=C\C/C=C\C/C=C\CCCCCCCCCCCC(=O)OCC(COC(=O)CCCCCCCCCC)OC(=O)CCCCCCCC/C=C\C/C=C\C/C=C\CCCCC. The van der Waals surface area contributed by atoms with Crippen molar-refractivity contribution in [2.75, 3.05) is 13.2 Å². The van der Waals surface area contributed by atoms with E-state index < -0.39 is 6.10 Å². The molecule has 0 aromatic carbocycles. The molecule has 6 heteroatoms. The minimum absolute atomic E-state index is 0.0838. The molecule has 70 heavy (non-hydrogen) atoms. The highest BCUT2D eigenvalue weighted by Crippen LogP contribution is 2.15. The molecule has 0 heterocycles. The third-order valence-electron chi connectivity index (χ3n) is 12.3. The van der Waals surface area contributed by atoms with E-state index in [4.69, 9.17) is 14.2 Å². The van der Waals surface area contributed by atoms with E-state index in [1.807, 2.05) is 0 Å². The van der Waals surface area contributed by atoms with Crippen molar-refractivity contribution in [3.8, 4) is 0 Å². The van der Waals surface area contributed by atoms with Crippen LogP contribution in [-0.4, -0.2) is 37.2 Å². The van der Waals surface area contributed by atoms with Gasteiger partial charge in [0.15, 0.2) is 6.10 Å². The van der Waals surface area contributed by atoms with Crippen molar-refractivity contribution in [3.63, 3.8) is 0 Å². The van der Waals surface area contributed by atoms with Crippen LogP contribution >= 0.6 is 0 Å². The van der Waals surface area contributed by atoms with Gasteiger partial charge < -0.3 is 14.2 Å². The summed E-state index contributed by atoms with van der Waals surface area (Å²) in [6.45, 7) is 6.46. The first-order valence-electron chi connectivity index (χ1n) is 29.2. The number of carbonyl (C=O) groups is 3. The van der Waals surface area contributed by atoms with Gasteiger partial charge in [-0.3, -0.25) is 14.4 Å². The van der Waals surface area contributed by atoms with Crippen LogP contribution in [0.15, 0.2) is 97.2 Å². The maximum Gasteiger partial charge on any atom is 0.306 e. The van der Waals surface area contributed by atoms with Gasteiger partial charge in [0.2, 0.25) is 0 Å². The van der Waals surface area contributed by atoms with Crippen LogP contribution in [0, 0.1) is 0 Å². The smallest absolute Gasteiger partial charge is 0.306 e. The van der Waals surface area contributed by atoms with Gasteiger partial charge in [-0.2, -0.15) is 0 Å². The van der Waals surface area contributed by atoms with Gasteiger partial charge in [0.1, 0.15) is 13.2 Å². The van der Waals surface area contributed by atoms with Gasteiger partial charge in [-0.15, -0.1) is 0 Å². The molecule has 0 aliphatic heterocycles. The quantitative estimate of drug-likeness (QED) is 0.0262. The highest BCUT2D eigenvalue weighted by molar-refractivity contribution is 5.71. The van der Waals surface area contributed by atoms with Crippen LogP contribution in [-0.2, 0) is 28.6 Å². The van der Waals surface area contributed by atoms with Gasteiger partial charge in [0, 0.05) is 19.3 Å². The molecule has 0 radical (unpaired) electrons. The normalized spacial score (nSPS) is 12.8. The second kappa shape index (κ2) is 57.9. The lowest BCUT2D eigenvalue weighted by molar-refractivity contribution is -0.167. The standard InChI is InChI=1S/C64H108O6/c1-4-7-10-13-16-19-21-23-25-27-29-30-31-32-33-34-36-37-39-41-43-45-48-51-54-57-63(66)69-60-61(59-68-62(65)56-53-50-47-18-15-12-9-6-3)70-64(67)58-55-52-49-46-44-42-40-38-35-28-26-24-22-20-17-14-11-8-5-2/h7,10,16-17,19-20,23-26,29-30,32-33,35,38,61H,4-6,8-9,11-15,18,21-22,27-28,31,34,36-37,39-60H2,1-3H3/b10-7-,19-16-,20-17-,25-23-,26-24-,30-29-,33-32-,38-35-. The summed E-state index contributed by atoms with van der Waals surface area (Å²) in [5, 5.41) is 0. The predicted octanol–water partition coefficient (Wildman–Crippen LogP) is 19.7. The first kappa shape index (κ1) is 66.3. The summed E-state index contributed by atoms with van der Waals surface area (Å²) in [6.07, 6.45) is 76.9. The van der Waals surface area contributed by atoms with Crippen LogP contribution in [0.3, 0.4) is 0 Å². The molecule has 0 bridgehead atoms. The number of ether oxygens (including phenoxy) is 3. The molecule has 0 spiro atoms. The predicted molar refractivity (Wildman–Crippen MR) is 302 cm³/mol. The Morgan fingerprint density at radius 1 is 0.300 bits per heavy atom. The minimum atomic E-state index is -0.785. The highest BCUT2D eigenvalue weighted by atomic mass is 16.6. The van der Waals surface area contributed by atoms with E-state index >= 15 is 0 Å². The molecule has 0 N–H and O–H groups in total. The van der Waals surface area contributed by atoms with Crippen molar-refractivity contribution < 1.29 is 28.6 Å². The zero-order valence-electron chi connectivity index (χ0n) is 45.8. The summed E-state index contributed by atoms with van der Waals surface area (Å²) < 4.78 is 16.8. The maximum absolute atomic E-state index is 12.8. The van der Waals surface area contributed by atoms with E-state index in [2.05, 4.69) is 118 Å². The fraction of sp³-hybridized carbons (Fsp3) is 0.703. The molecular formula is C64H108O6. The highest BCUT2D eigenvalue weighted by Gasteiger charge is 2.19. The summed E-state index contributed by atoms with van der Waals surface area (Å²) in [7, 11) is 0. The third kappa shape index (κ3) is 55.3. The fourth-order valence-electron chi connectivity index (χ4n) is 7.95. The summed E-state index contributed by atoms with van der Waals surface area (Å²) in [5.74, 6) is -0.904. The first-order chi connectivity index (χ1) is 34.5. The van der Waals surface area contributed by atoms with Crippen LogP contribution in [0.25, 0.3) is 0 Å². The lowest BCUT2D eigenvalue weighted by Crippen LogP contribution is -2.30. The molecular weight excluding hydrogens is 865 g/mol. The van der Waals surface area contributed by atoms with Crippen LogP contribution in [0.1, 0.15) is 271 Å². The van der Waals surface area contributed by atoms with Crippen LogP contribution in [0.2, 0.25) is 0 Å². The Kier molecular flexibility index (Phi) is 54.9. The van der Waals surface area contributed by atoms with E-state index in [1.165, 1.54) is 109 Å². The Bertz CT molecular complexity index is 1400. The first-order valence-corrected chi connectivity index (χ1v) is 29.2. The molecule has 0 aromatic rings. The van der Waals surface area contributed by atoms with E-state index in [1.54, 1.807) is 0 Å². The molecule has 0 aliphatic rings. The summed E-state index contributed by atoms with van der Waals surface area (Å²) in [5.41, 5.74) is 0. The molecule has 6 nitrogen and oxygen atoms in total. The van der Waals surface area contributed by atoms with Crippen molar-refractivity contribution in [1.82, 2.24) is 0 Å². The van der Waals surface area contributed by atoms with Crippen molar-refractivity contribution in [1.29, 1.82) is 0 Å². The number of esters is 3. The lowest BCUT2D eigenvalue weighted by atomic mass is 10.1.